The van der Waals surface area contributed by atoms with Gasteiger partial charge in [0.2, 0.25) is 0 Å². The number of nitrogens with one attached hydrogen (secondary N) is 1. The van der Waals surface area contributed by atoms with Crippen molar-refractivity contribution in [3.05, 3.63) is 33.8 Å². The summed E-state index contributed by atoms with van der Waals surface area (Å²) >= 11 is 12.0. The van der Waals surface area contributed by atoms with Gasteiger partial charge in [0.25, 0.3) is 0 Å². The van der Waals surface area contributed by atoms with Gasteiger partial charge < -0.3 is 5.32 Å². The third-order valence-corrected chi connectivity index (χ3v) is 4.80. The molecule has 2 atom stereocenters. The first-order valence-electron chi connectivity index (χ1n) is 6.95. The molecule has 1 aromatic carbocycles. The summed E-state index contributed by atoms with van der Waals surface area (Å²) in [5, 5.41) is 4.12. The van der Waals surface area contributed by atoms with E-state index in [2.05, 4.69) is 10.3 Å². The second-order valence-corrected chi connectivity index (χ2v) is 6.16. The number of halogens is 2. The van der Waals surface area contributed by atoms with Crippen LogP contribution in [0.15, 0.2) is 23.2 Å². The molecule has 0 unspecified atom stereocenters. The summed E-state index contributed by atoms with van der Waals surface area (Å²) in [5.74, 6) is 0.755. The fourth-order valence-corrected chi connectivity index (χ4v) is 3.35. The highest BCUT2D eigenvalue weighted by Gasteiger charge is 2.31. The molecule has 1 fully saturated rings. The minimum absolute atomic E-state index is 0.0394. The third kappa shape index (κ3) is 2.70. The molecule has 3 nitrogen and oxygen atoms in total. The Morgan fingerprint density at radius 3 is 2.90 bits per heavy atom. The highest BCUT2D eigenvalue weighted by molar-refractivity contribution is 6.44. The number of hydrogen-bond acceptors (Lipinski definition) is 3. The van der Waals surface area contributed by atoms with Gasteiger partial charge in [0.1, 0.15) is 5.84 Å². The van der Waals surface area contributed by atoms with Gasteiger partial charge in [0.15, 0.2) is 5.78 Å². The maximum Gasteiger partial charge on any atom is 0.171 e. The molecule has 1 aliphatic heterocycles. The zero-order valence-corrected chi connectivity index (χ0v) is 12.5. The predicted octanol–water partition coefficient (Wildman–Crippen LogP) is 3.88. The Morgan fingerprint density at radius 2 is 2.10 bits per heavy atom. The molecular weight excluding hydrogens is 295 g/mol. The van der Waals surface area contributed by atoms with Crippen LogP contribution < -0.4 is 5.32 Å². The number of rotatable bonds is 3. The van der Waals surface area contributed by atoms with Crippen molar-refractivity contribution in [3.63, 3.8) is 0 Å². The van der Waals surface area contributed by atoms with Crippen molar-refractivity contribution in [3.8, 4) is 0 Å². The number of nitrogens with zero attached hydrogens (tertiary/aromatic N) is 1. The third-order valence-electron chi connectivity index (χ3n) is 3.98. The molecule has 2 aliphatic rings. The van der Waals surface area contributed by atoms with Crippen LogP contribution in [-0.4, -0.2) is 23.7 Å². The van der Waals surface area contributed by atoms with Crippen LogP contribution in [0.4, 0.5) is 0 Å². The van der Waals surface area contributed by atoms with Crippen molar-refractivity contribution < 1.29 is 4.79 Å². The number of benzene rings is 1. The van der Waals surface area contributed by atoms with Crippen LogP contribution in [0.2, 0.25) is 10.0 Å². The van der Waals surface area contributed by atoms with E-state index < -0.39 is 0 Å². The van der Waals surface area contributed by atoms with E-state index >= 15 is 0 Å². The quantitative estimate of drug-likeness (QED) is 0.861. The number of carbonyl (C=O) groups is 1. The number of fused-ring (bicyclic) bond motifs is 1. The molecule has 0 saturated heterocycles. The first-order valence-corrected chi connectivity index (χ1v) is 7.71. The van der Waals surface area contributed by atoms with Crippen molar-refractivity contribution >= 4 is 34.8 Å². The SMILES string of the molecule is O=C(CC1=N[C@@H]2CCCC[C@@H]2N1)c1cccc(Cl)c1Cl. The van der Waals surface area contributed by atoms with Gasteiger partial charge in [-0.3, -0.25) is 9.79 Å². The van der Waals surface area contributed by atoms with Crippen LogP contribution in [0.25, 0.3) is 0 Å². The lowest BCUT2D eigenvalue weighted by atomic mass is 9.92. The fourth-order valence-electron chi connectivity index (χ4n) is 2.95. The van der Waals surface area contributed by atoms with Gasteiger partial charge in [0.05, 0.1) is 22.5 Å². The molecule has 1 aromatic rings. The molecule has 106 valence electrons. The first kappa shape index (κ1) is 13.9. The Hall–Kier alpha value is -1.06. The van der Waals surface area contributed by atoms with E-state index in [9.17, 15) is 4.79 Å². The van der Waals surface area contributed by atoms with Crippen molar-refractivity contribution in [2.75, 3.05) is 0 Å². The van der Waals surface area contributed by atoms with Crippen LogP contribution in [0.3, 0.4) is 0 Å². The van der Waals surface area contributed by atoms with Crippen molar-refractivity contribution in [2.24, 2.45) is 4.99 Å². The molecule has 0 spiro atoms. The largest absolute Gasteiger partial charge is 0.369 e. The number of amidine groups is 1. The first-order chi connectivity index (χ1) is 9.65. The van der Waals surface area contributed by atoms with Crippen LogP contribution in [0.1, 0.15) is 42.5 Å². The van der Waals surface area contributed by atoms with Crippen LogP contribution in [0, 0.1) is 0 Å². The smallest absolute Gasteiger partial charge is 0.171 e. The zero-order chi connectivity index (χ0) is 14.1. The zero-order valence-electron chi connectivity index (χ0n) is 11.0. The van der Waals surface area contributed by atoms with Crippen molar-refractivity contribution in [2.45, 2.75) is 44.2 Å². The number of Topliss-reactive ketones (excluding diaryl/α,β-unsaturated/α-hetero) is 1. The normalized spacial score (nSPS) is 24.8. The summed E-state index contributed by atoms with van der Waals surface area (Å²) in [4.78, 5) is 17.0. The number of hydrogen-bond donors (Lipinski definition) is 1. The molecular formula is C15H16Cl2N2O. The Morgan fingerprint density at radius 1 is 1.30 bits per heavy atom. The summed E-state index contributed by atoms with van der Waals surface area (Å²) in [6.45, 7) is 0. The molecule has 3 rings (SSSR count). The molecule has 1 heterocycles. The monoisotopic (exact) mass is 310 g/mol. The van der Waals surface area contributed by atoms with Crippen molar-refractivity contribution in [1.82, 2.24) is 5.32 Å². The van der Waals surface area contributed by atoms with Gasteiger partial charge in [-0.2, -0.15) is 0 Å². The maximum absolute atomic E-state index is 12.3. The fraction of sp³-hybridized carbons (Fsp3) is 0.467. The van der Waals surface area contributed by atoms with Gasteiger partial charge in [-0.15, -0.1) is 0 Å². The molecule has 20 heavy (non-hydrogen) atoms. The lowest BCUT2D eigenvalue weighted by Gasteiger charge is -2.23. The van der Waals surface area contributed by atoms with Gasteiger partial charge in [-0.05, 0) is 25.0 Å². The summed E-state index contributed by atoms with van der Waals surface area (Å²) in [7, 11) is 0. The van der Waals surface area contributed by atoms with E-state index in [4.69, 9.17) is 23.2 Å². The Bertz CT molecular complexity index is 571. The van der Waals surface area contributed by atoms with E-state index in [1.807, 2.05) is 0 Å². The van der Waals surface area contributed by atoms with E-state index in [1.165, 1.54) is 12.8 Å². The molecule has 0 aromatic heterocycles. The Labute approximate surface area is 128 Å². The minimum Gasteiger partial charge on any atom is -0.369 e. The Kier molecular flexibility index (Phi) is 3.99. The maximum atomic E-state index is 12.3. The molecule has 0 bridgehead atoms. The van der Waals surface area contributed by atoms with E-state index in [-0.39, 0.29) is 12.2 Å². The summed E-state index contributed by atoms with van der Waals surface area (Å²) < 4.78 is 0. The average molecular weight is 311 g/mol. The lowest BCUT2D eigenvalue weighted by Crippen LogP contribution is -2.37. The number of carbonyl (C=O) groups excluding carboxylic acids is 1. The molecule has 0 radical (unpaired) electrons. The molecule has 1 saturated carbocycles. The van der Waals surface area contributed by atoms with Gasteiger partial charge in [-0.1, -0.05) is 42.1 Å². The number of ketones is 1. The highest BCUT2D eigenvalue weighted by atomic mass is 35.5. The van der Waals surface area contributed by atoms with Gasteiger partial charge >= 0.3 is 0 Å². The van der Waals surface area contributed by atoms with E-state index in [1.54, 1.807) is 18.2 Å². The molecule has 1 N–H and O–H groups in total. The lowest BCUT2D eigenvalue weighted by molar-refractivity contribution is 0.1000. The molecule has 5 heteroatoms. The second-order valence-electron chi connectivity index (χ2n) is 5.38. The topological polar surface area (TPSA) is 41.5 Å². The van der Waals surface area contributed by atoms with Crippen molar-refractivity contribution in [1.29, 1.82) is 0 Å². The average Bonchev–Trinajstić information content (AvgIpc) is 2.83. The van der Waals surface area contributed by atoms with E-state index in [0.29, 0.717) is 27.7 Å². The second kappa shape index (κ2) is 5.74. The predicted molar refractivity (Wildman–Crippen MR) is 82.0 cm³/mol. The minimum atomic E-state index is -0.0394. The summed E-state index contributed by atoms with van der Waals surface area (Å²) in [5.41, 5.74) is 0.471. The standard InChI is InChI=1S/C15H16Cl2N2O/c16-10-5-3-4-9(15(10)17)13(20)8-14-18-11-6-1-2-7-12(11)19-14/h3-5,11-12H,1-2,6-8H2,(H,18,19)/t11-,12+. The summed E-state index contributed by atoms with van der Waals surface area (Å²) in [6, 6.07) is 5.90. The van der Waals surface area contributed by atoms with Crippen LogP contribution in [0.5, 0.6) is 0 Å². The van der Waals surface area contributed by atoms with Gasteiger partial charge in [-0.25, -0.2) is 0 Å². The number of aliphatic imine (C=N–C) groups is 1. The summed E-state index contributed by atoms with van der Waals surface area (Å²) in [6.07, 6.45) is 5.00. The van der Waals surface area contributed by atoms with Crippen LogP contribution in [-0.2, 0) is 0 Å². The van der Waals surface area contributed by atoms with Gasteiger partial charge in [0, 0.05) is 11.6 Å². The molecule has 0 amide bonds. The highest BCUT2D eigenvalue weighted by Crippen LogP contribution is 2.28. The molecule has 1 aliphatic carbocycles. The Balaban J connectivity index is 1.72. The van der Waals surface area contributed by atoms with Crippen LogP contribution >= 0.6 is 23.2 Å². The van der Waals surface area contributed by atoms with E-state index in [0.717, 1.165) is 18.7 Å².